The van der Waals surface area contributed by atoms with Gasteiger partial charge in [-0.1, -0.05) is 0 Å². The molecule has 8 aromatic carbocycles. The molecule has 1 aliphatic rings. The number of fused-ring (bicyclic) bond motifs is 6. The van der Waals surface area contributed by atoms with Crippen molar-refractivity contribution in [3.05, 3.63) is 156 Å². The van der Waals surface area contributed by atoms with Crippen LogP contribution in [0.15, 0.2) is 0 Å². The van der Waals surface area contributed by atoms with E-state index in [-0.39, 0.29) is 0 Å². The first kappa shape index (κ1) is 48.6. The summed E-state index contributed by atoms with van der Waals surface area (Å²) in [5, 5.41) is 8.60. The first-order chi connectivity index (χ1) is 32.2. The molecule has 0 bridgehead atoms. The Morgan fingerprint density at radius 1 is 0.130 bits per heavy atom. The van der Waals surface area contributed by atoms with Crippen molar-refractivity contribution < 1.29 is 0 Å². The minimum absolute atomic E-state index is 0.992. The third kappa shape index (κ3) is 6.06. The summed E-state index contributed by atoms with van der Waals surface area (Å²) in [6.07, 6.45) is 0.992. The summed E-state index contributed by atoms with van der Waals surface area (Å²) in [5.41, 5.74) is 51.5. The van der Waals surface area contributed by atoms with Crippen LogP contribution in [0.2, 0.25) is 0 Å². The zero-order valence-electron chi connectivity index (χ0n) is 47.7. The predicted octanol–water partition coefficient (Wildman–Crippen LogP) is 19.7. The molecule has 9 rings (SSSR count). The summed E-state index contributed by atoms with van der Waals surface area (Å²) in [4.78, 5) is 0. The van der Waals surface area contributed by atoms with Crippen molar-refractivity contribution in [1.29, 1.82) is 0 Å². The summed E-state index contributed by atoms with van der Waals surface area (Å²) >= 11 is 0. The Bertz CT molecular complexity index is 3640. The molecule has 8 aromatic rings. The van der Waals surface area contributed by atoms with Crippen LogP contribution in [0.4, 0.5) is 0 Å². The molecule has 0 nitrogen and oxygen atoms in total. The molecule has 0 atom stereocenters. The molecule has 0 spiro atoms. The van der Waals surface area contributed by atoms with Gasteiger partial charge in [0.2, 0.25) is 0 Å². The quantitative estimate of drug-likeness (QED) is 0.155. The maximum Gasteiger partial charge on any atom is -0.000766 e. The van der Waals surface area contributed by atoms with Crippen molar-refractivity contribution in [3.63, 3.8) is 0 Å². The van der Waals surface area contributed by atoms with Gasteiger partial charge in [-0.25, -0.2) is 0 Å². The monoisotopic (exact) mass is 909 g/mol. The summed E-state index contributed by atoms with van der Waals surface area (Å²) in [5.74, 6) is 0. The van der Waals surface area contributed by atoms with E-state index in [2.05, 4.69) is 180 Å². The van der Waals surface area contributed by atoms with Gasteiger partial charge in [-0.15, -0.1) is 0 Å². The first-order valence-corrected chi connectivity index (χ1v) is 26.0. The Morgan fingerprint density at radius 2 is 0.319 bits per heavy atom. The molecule has 0 aromatic heterocycles. The molecule has 0 saturated heterocycles. The maximum atomic E-state index is 2.47. The lowest BCUT2D eigenvalue weighted by Gasteiger charge is -2.32. The molecule has 0 heterocycles. The second-order valence-corrected chi connectivity index (χ2v) is 22.6. The van der Waals surface area contributed by atoms with Gasteiger partial charge in [0.1, 0.15) is 0 Å². The molecular weight excluding hydrogens is 829 g/mol. The number of rotatable bonds is 3. The molecule has 0 heteroatoms. The van der Waals surface area contributed by atoms with Crippen molar-refractivity contribution in [2.45, 2.75) is 186 Å². The molecule has 1 aliphatic carbocycles. The highest BCUT2D eigenvalue weighted by molar-refractivity contribution is 6.30. The van der Waals surface area contributed by atoms with Gasteiger partial charge in [0.15, 0.2) is 0 Å². The van der Waals surface area contributed by atoms with E-state index in [9.17, 15) is 0 Å². The van der Waals surface area contributed by atoms with E-state index in [1.54, 1.807) is 0 Å². The number of aryl methyl sites for hydroxylation is 6. The number of hydrogen-bond donors (Lipinski definition) is 0. The summed E-state index contributed by atoms with van der Waals surface area (Å²) in [7, 11) is 0. The minimum Gasteiger partial charge on any atom is -0.0447 e. The van der Waals surface area contributed by atoms with Crippen molar-refractivity contribution in [2.24, 2.45) is 0 Å². The lowest BCUT2D eigenvalue weighted by atomic mass is 9.71. The molecule has 356 valence electrons. The summed E-state index contributed by atoms with van der Waals surface area (Å²) in [6.45, 7) is 62.4. The Hall–Kier alpha value is -5.46. The highest BCUT2D eigenvalue weighted by atomic mass is 14.4. The van der Waals surface area contributed by atoms with Gasteiger partial charge >= 0.3 is 0 Å². The van der Waals surface area contributed by atoms with Crippen LogP contribution in [0.25, 0.3) is 76.8 Å². The van der Waals surface area contributed by atoms with E-state index in [4.69, 9.17) is 0 Å². The number of benzene rings is 8. The van der Waals surface area contributed by atoms with E-state index >= 15 is 0 Å². The van der Waals surface area contributed by atoms with Crippen molar-refractivity contribution in [2.75, 3.05) is 0 Å². The van der Waals surface area contributed by atoms with Crippen LogP contribution >= 0.6 is 0 Å². The average Bonchev–Trinajstić information content (AvgIpc) is 3.73. The molecule has 69 heavy (non-hydrogen) atoms. The zero-order valence-corrected chi connectivity index (χ0v) is 47.7. The fourth-order valence-electron chi connectivity index (χ4n) is 14.0. The van der Waals surface area contributed by atoms with Crippen molar-refractivity contribution in [1.82, 2.24) is 0 Å². The summed E-state index contributed by atoms with van der Waals surface area (Å²) < 4.78 is 0. The highest BCUT2D eigenvalue weighted by Gasteiger charge is 2.36. The van der Waals surface area contributed by atoms with E-state index in [0.29, 0.717) is 0 Å². The Morgan fingerprint density at radius 3 is 0.667 bits per heavy atom. The van der Waals surface area contributed by atoms with Crippen LogP contribution < -0.4 is 0 Å². The van der Waals surface area contributed by atoms with Gasteiger partial charge in [0, 0.05) is 0 Å². The standard InChI is InChI=1S/C69H80/c1-28-30(3)42(15)56(43(16)31(28)4)58-52(25)53(26)65(60-46(19)34(7)33(6)45(18)59(58)60)68-61-47(20)35(8)37(10)49(22)63(61)69(64-50(23)38(11)36(9)48(21)62(64)68)66-51(24)39(12)41(14)55-27-54-40(13)29(2)32(5)44(17)57(54)67(55)66/h27H2,1-26H3. The molecular formula is C69H80. The Kier molecular flexibility index (Phi) is 11.3. The van der Waals surface area contributed by atoms with Crippen LogP contribution in [0.1, 0.15) is 156 Å². The minimum atomic E-state index is 0.992. The van der Waals surface area contributed by atoms with E-state index in [1.165, 1.54) is 233 Å². The molecule has 0 saturated carbocycles. The van der Waals surface area contributed by atoms with Crippen molar-refractivity contribution in [3.8, 4) is 44.5 Å². The lowest BCUT2D eigenvalue weighted by Crippen LogP contribution is -2.09. The average molecular weight is 909 g/mol. The second-order valence-electron chi connectivity index (χ2n) is 22.6. The fraction of sp³-hybridized carbons (Fsp3) is 0.391. The Balaban J connectivity index is 1.66. The molecule has 0 unspecified atom stereocenters. The zero-order chi connectivity index (χ0) is 51.0. The first-order valence-electron chi connectivity index (χ1n) is 26.0. The fourth-order valence-corrected chi connectivity index (χ4v) is 14.0. The highest BCUT2D eigenvalue weighted by Crippen LogP contribution is 2.59. The van der Waals surface area contributed by atoms with Gasteiger partial charge in [0.05, 0.1) is 0 Å². The molecule has 0 aliphatic heterocycles. The molecule has 0 fully saturated rings. The van der Waals surface area contributed by atoms with Gasteiger partial charge in [0.25, 0.3) is 0 Å². The van der Waals surface area contributed by atoms with Gasteiger partial charge in [-0.3, -0.25) is 0 Å². The lowest BCUT2D eigenvalue weighted by molar-refractivity contribution is 1.12. The maximum absolute atomic E-state index is 2.47. The van der Waals surface area contributed by atoms with Crippen LogP contribution in [0, 0.1) is 180 Å². The predicted molar refractivity (Wildman–Crippen MR) is 307 cm³/mol. The topological polar surface area (TPSA) is 0 Å². The Labute approximate surface area is 417 Å². The van der Waals surface area contributed by atoms with Gasteiger partial charge in [-0.05, 0) is 419 Å². The smallest absolute Gasteiger partial charge is 0.000766 e. The molecule has 0 radical (unpaired) electrons. The van der Waals surface area contributed by atoms with Crippen LogP contribution in [0.3, 0.4) is 0 Å². The molecule has 0 N–H and O–H groups in total. The second kappa shape index (κ2) is 16.0. The van der Waals surface area contributed by atoms with E-state index in [0.717, 1.165) is 6.42 Å². The summed E-state index contributed by atoms with van der Waals surface area (Å²) in [6, 6.07) is 0. The molecule has 0 amide bonds. The van der Waals surface area contributed by atoms with Crippen LogP contribution in [-0.2, 0) is 6.42 Å². The normalized spacial score (nSPS) is 12.4. The third-order valence-electron chi connectivity index (χ3n) is 20.5. The van der Waals surface area contributed by atoms with E-state index in [1.807, 2.05) is 0 Å². The van der Waals surface area contributed by atoms with Crippen molar-refractivity contribution >= 4 is 32.3 Å². The SMILES string of the molecule is Cc1c(C)c(C)c(-c2c(C)c(C)c(-c3c4c(C)c(C)c(C)c(C)c4c(-c4c(C)c(C)c(C)c5c4-c4c(C)c(C)c(C)c(C)c4C5)c4c(C)c(C)c(C)c(C)c34)c3c(C)c(C)c(C)c(C)c23)c(C)c1C. The van der Waals surface area contributed by atoms with Gasteiger partial charge < -0.3 is 0 Å². The van der Waals surface area contributed by atoms with Crippen LogP contribution in [0.5, 0.6) is 0 Å². The largest absolute Gasteiger partial charge is 0.0447 e. The van der Waals surface area contributed by atoms with Crippen LogP contribution in [-0.4, -0.2) is 0 Å². The van der Waals surface area contributed by atoms with Gasteiger partial charge in [-0.2, -0.15) is 0 Å². The number of hydrogen-bond acceptors (Lipinski definition) is 0. The third-order valence-corrected chi connectivity index (χ3v) is 20.5. The van der Waals surface area contributed by atoms with E-state index < -0.39 is 0 Å².